The van der Waals surface area contributed by atoms with E-state index in [1.165, 1.54) is 11.1 Å². The van der Waals surface area contributed by atoms with Crippen LogP contribution in [0.1, 0.15) is 22.3 Å². The molecule has 2 saturated heterocycles. The van der Waals surface area contributed by atoms with Crippen LogP contribution in [-0.2, 0) is 20.7 Å². The van der Waals surface area contributed by atoms with Crippen LogP contribution in [0.3, 0.4) is 0 Å². The van der Waals surface area contributed by atoms with Crippen LogP contribution >= 0.6 is 0 Å². The Morgan fingerprint density at radius 2 is 1.00 bits per heavy atom. The van der Waals surface area contributed by atoms with Crippen molar-refractivity contribution < 1.29 is 9.59 Å². The summed E-state index contributed by atoms with van der Waals surface area (Å²) in [5.74, 6) is -0.434. The van der Waals surface area contributed by atoms with Gasteiger partial charge in [-0.1, -0.05) is 59.7 Å². The predicted molar refractivity (Wildman–Crippen MR) is 89.0 cm³/mol. The van der Waals surface area contributed by atoms with Crippen LogP contribution in [0.5, 0.6) is 0 Å². The second-order valence-corrected chi connectivity index (χ2v) is 7.31. The highest BCUT2D eigenvalue weighted by molar-refractivity contribution is 6.05. The van der Waals surface area contributed by atoms with Crippen LogP contribution in [0.15, 0.2) is 48.5 Å². The van der Waals surface area contributed by atoms with Crippen molar-refractivity contribution in [2.24, 2.45) is 11.8 Å². The Hall–Kier alpha value is -2.62. The third-order valence-corrected chi connectivity index (χ3v) is 6.06. The molecule has 0 aromatic heterocycles. The number of β-lactam (4-membered cyclic amide) rings is 2. The lowest BCUT2D eigenvalue weighted by molar-refractivity contribution is -0.230. The second-order valence-electron chi connectivity index (χ2n) is 7.31. The first-order valence-corrected chi connectivity index (χ1v) is 8.28. The Kier molecular flexibility index (Phi) is 2.34. The number of hydrogen-bond acceptors (Lipinski definition) is 2. The number of rotatable bonds is 2. The van der Waals surface area contributed by atoms with Crippen molar-refractivity contribution in [1.29, 1.82) is 0 Å². The summed E-state index contributed by atoms with van der Waals surface area (Å²) < 4.78 is 0. The summed E-state index contributed by atoms with van der Waals surface area (Å²) >= 11 is 0. The van der Waals surface area contributed by atoms with Gasteiger partial charge in [0.05, 0.1) is 22.9 Å². The van der Waals surface area contributed by atoms with Crippen LogP contribution < -0.4 is 10.6 Å². The average Bonchev–Trinajstić information content (AvgIpc) is 2.53. The van der Waals surface area contributed by atoms with Crippen LogP contribution in [0, 0.1) is 25.7 Å². The minimum atomic E-state index is -0.544. The quantitative estimate of drug-likeness (QED) is 0.831. The lowest BCUT2D eigenvalue weighted by Gasteiger charge is -2.77. The summed E-state index contributed by atoms with van der Waals surface area (Å²) in [6, 6.07) is 16.3. The normalized spacial score (nSPS) is 35.4. The third-order valence-electron chi connectivity index (χ3n) is 6.06. The van der Waals surface area contributed by atoms with Gasteiger partial charge in [-0.3, -0.25) is 9.59 Å². The number of carbonyl (C=O) groups excluding carboxylic acids is 2. The fraction of sp³-hybridized carbons (Fsp3) is 0.300. The molecule has 0 atom stereocenters. The molecule has 24 heavy (non-hydrogen) atoms. The molecule has 0 bridgehead atoms. The highest BCUT2D eigenvalue weighted by atomic mass is 16.2. The first kappa shape index (κ1) is 13.8. The Labute approximate surface area is 140 Å². The van der Waals surface area contributed by atoms with Gasteiger partial charge in [-0.25, -0.2) is 0 Å². The number of nitrogens with one attached hydrogen (secondary N) is 2. The minimum Gasteiger partial charge on any atom is -0.344 e. The molecular weight excluding hydrogens is 300 g/mol. The number of hydrogen-bond donors (Lipinski definition) is 2. The zero-order valence-corrected chi connectivity index (χ0v) is 13.6. The molecule has 120 valence electrons. The molecule has 3 aliphatic rings. The van der Waals surface area contributed by atoms with E-state index >= 15 is 0 Å². The highest BCUT2D eigenvalue weighted by Crippen LogP contribution is 2.70. The van der Waals surface area contributed by atoms with Gasteiger partial charge in [0.15, 0.2) is 0 Å². The van der Waals surface area contributed by atoms with Gasteiger partial charge in [0.25, 0.3) is 0 Å². The SMILES string of the molecule is Cc1ccc(C23NC(=O)C2C2(c4ccc(C)cc4)NC(=O)C32)cc1. The van der Waals surface area contributed by atoms with E-state index in [1.807, 2.05) is 62.4 Å². The van der Waals surface area contributed by atoms with E-state index in [0.29, 0.717) is 0 Å². The van der Waals surface area contributed by atoms with Gasteiger partial charge in [-0.2, -0.15) is 0 Å². The molecule has 2 aromatic rings. The minimum absolute atomic E-state index is 0.0207. The zero-order valence-electron chi connectivity index (χ0n) is 13.6. The van der Waals surface area contributed by atoms with E-state index in [0.717, 1.165) is 11.1 Å². The maximum Gasteiger partial charge on any atom is 0.229 e. The molecule has 4 nitrogen and oxygen atoms in total. The Morgan fingerprint density at radius 1 is 0.667 bits per heavy atom. The smallest absolute Gasteiger partial charge is 0.229 e. The van der Waals surface area contributed by atoms with Crippen LogP contribution in [-0.4, -0.2) is 11.8 Å². The first-order valence-electron chi connectivity index (χ1n) is 8.28. The van der Waals surface area contributed by atoms with Crippen LogP contribution in [0.25, 0.3) is 0 Å². The summed E-state index contributed by atoms with van der Waals surface area (Å²) in [4.78, 5) is 24.8. The molecule has 5 rings (SSSR count). The van der Waals surface area contributed by atoms with Crippen molar-refractivity contribution in [3.8, 4) is 0 Å². The standard InChI is InChI=1S/C20H18N2O2/c1-11-3-7-13(8-4-11)19-15(17(23)21-19)20(16(19)18(24)22-20)14-9-5-12(2)6-10-14/h3-10,15-16H,1-2H3,(H,21,23)(H,22,24). The van der Waals surface area contributed by atoms with Crippen molar-refractivity contribution >= 4 is 11.8 Å². The number of benzene rings is 2. The highest BCUT2D eigenvalue weighted by Gasteiger charge is 2.87. The van der Waals surface area contributed by atoms with Crippen molar-refractivity contribution in [2.75, 3.05) is 0 Å². The fourth-order valence-corrected chi connectivity index (χ4v) is 4.94. The number of piperidine rings is 2. The summed E-state index contributed by atoms with van der Waals surface area (Å²) in [7, 11) is 0. The summed E-state index contributed by atoms with van der Waals surface area (Å²) in [5, 5.41) is 6.12. The predicted octanol–water partition coefficient (Wildman–Crippen LogP) is 1.90. The number of carbonyl (C=O) groups is 2. The van der Waals surface area contributed by atoms with Gasteiger partial charge in [0.1, 0.15) is 0 Å². The van der Waals surface area contributed by atoms with Gasteiger partial charge >= 0.3 is 0 Å². The van der Waals surface area contributed by atoms with Gasteiger partial charge in [0, 0.05) is 0 Å². The van der Waals surface area contributed by atoms with Crippen molar-refractivity contribution in [3.05, 3.63) is 70.8 Å². The van der Waals surface area contributed by atoms with E-state index in [9.17, 15) is 9.59 Å². The first-order chi connectivity index (χ1) is 11.5. The van der Waals surface area contributed by atoms with Crippen molar-refractivity contribution in [1.82, 2.24) is 10.6 Å². The second kappa shape index (κ2) is 4.07. The Morgan fingerprint density at radius 3 is 1.29 bits per heavy atom. The molecule has 3 fully saturated rings. The molecule has 2 aromatic carbocycles. The molecule has 0 spiro atoms. The molecule has 4 heteroatoms. The molecular formula is C20H18N2O2. The Bertz CT molecular complexity index is 799. The van der Waals surface area contributed by atoms with Gasteiger partial charge in [-0.15, -0.1) is 0 Å². The topological polar surface area (TPSA) is 58.2 Å². The molecule has 2 amide bonds. The largest absolute Gasteiger partial charge is 0.344 e. The van der Waals surface area contributed by atoms with Crippen molar-refractivity contribution in [2.45, 2.75) is 24.9 Å². The fourth-order valence-electron chi connectivity index (χ4n) is 4.94. The lowest BCUT2D eigenvalue weighted by atomic mass is 9.35. The zero-order chi connectivity index (χ0) is 16.7. The summed E-state index contributed by atoms with van der Waals surface area (Å²) in [6.45, 7) is 4.07. The maximum atomic E-state index is 12.4. The van der Waals surface area contributed by atoms with Crippen molar-refractivity contribution in [3.63, 3.8) is 0 Å². The van der Waals surface area contributed by atoms with E-state index in [1.54, 1.807) is 0 Å². The van der Waals surface area contributed by atoms with E-state index in [4.69, 9.17) is 0 Å². The van der Waals surface area contributed by atoms with E-state index < -0.39 is 11.1 Å². The van der Waals surface area contributed by atoms with Gasteiger partial charge in [0.2, 0.25) is 11.8 Å². The van der Waals surface area contributed by atoms with Crippen LogP contribution in [0.2, 0.25) is 0 Å². The van der Waals surface area contributed by atoms with E-state index in [-0.39, 0.29) is 23.7 Å². The molecule has 2 N–H and O–H groups in total. The number of amides is 2. The van der Waals surface area contributed by atoms with Gasteiger partial charge < -0.3 is 10.6 Å². The van der Waals surface area contributed by atoms with Gasteiger partial charge in [-0.05, 0) is 25.0 Å². The van der Waals surface area contributed by atoms with E-state index in [2.05, 4.69) is 10.6 Å². The molecule has 1 aliphatic carbocycles. The Balaban J connectivity index is 1.64. The molecule has 0 unspecified atom stereocenters. The average molecular weight is 318 g/mol. The summed E-state index contributed by atoms with van der Waals surface area (Å²) in [6.07, 6.45) is 0. The number of aryl methyl sites for hydroxylation is 2. The monoisotopic (exact) mass is 318 g/mol. The molecule has 2 aliphatic heterocycles. The third kappa shape index (κ3) is 1.28. The molecule has 0 radical (unpaired) electrons. The maximum absolute atomic E-state index is 12.4. The molecule has 1 saturated carbocycles. The molecule has 2 heterocycles. The van der Waals surface area contributed by atoms with Crippen LogP contribution in [0.4, 0.5) is 0 Å². The number of fused-ring (bicyclic) bond motifs is 4. The summed E-state index contributed by atoms with van der Waals surface area (Å²) in [5.41, 5.74) is 3.30. The lowest BCUT2D eigenvalue weighted by Crippen LogP contribution is -2.97.